The van der Waals surface area contributed by atoms with E-state index in [1.165, 1.54) is 15.9 Å². The van der Waals surface area contributed by atoms with E-state index in [-0.39, 0.29) is 19.5 Å². The first-order chi connectivity index (χ1) is 9.45. The predicted molar refractivity (Wildman–Crippen MR) is 85.1 cm³/mol. The molecule has 0 aliphatic heterocycles. The van der Waals surface area contributed by atoms with Crippen molar-refractivity contribution < 1.29 is 19.5 Å². The number of hydrogen-bond acceptors (Lipinski definition) is 0. The Labute approximate surface area is 134 Å². The van der Waals surface area contributed by atoms with Crippen molar-refractivity contribution in [1.82, 2.24) is 0 Å². The second-order valence-electron chi connectivity index (χ2n) is 4.34. The van der Waals surface area contributed by atoms with E-state index < -0.39 is 7.92 Å². The van der Waals surface area contributed by atoms with Crippen LogP contribution in [0.5, 0.6) is 0 Å². The molecule has 0 heterocycles. The molecule has 0 N–H and O–H groups in total. The molecule has 0 radical (unpaired) electrons. The van der Waals surface area contributed by atoms with E-state index in [1.54, 1.807) is 0 Å². The smallest absolute Gasteiger partial charge is 0 e. The zero-order chi connectivity index (χ0) is 12.9. The summed E-state index contributed by atoms with van der Waals surface area (Å²) in [6.45, 7) is 0. The minimum absolute atomic E-state index is 0. The van der Waals surface area contributed by atoms with Crippen LogP contribution in [0.25, 0.3) is 0 Å². The second kappa shape index (κ2) is 7.48. The van der Waals surface area contributed by atoms with Gasteiger partial charge in [0.1, 0.15) is 0 Å². The fourth-order valence-electron chi connectivity index (χ4n) is 2.18. The third-order valence-corrected chi connectivity index (χ3v) is 5.49. The van der Waals surface area contributed by atoms with Crippen molar-refractivity contribution >= 4 is 23.8 Å². The van der Waals surface area contributed by atoms with Crippen molar-refractivity contribution in [3.05, 3.63) is 91.0 Å². The molecule has 0 saturated carbocycles. The monoisotopic (exact) mass is 326 g/mol. The van der Waals surface area contributed by atoms with Crippen LogP contribution in [-0.2, 0) is 19.5 Å². The molecule has 94 valence electrons. The van der Waals surface area contributed by atoms with Gasteiger partial charge in [0.15, 0.2) is 0 Å². The second-order valence-corrected chi connectivity index (χ2v) is 6.56. The van der Waals surface area contributed by atoms with E-state index in [4.69, 9.17) is 0 Å². The van der Waals surface area contributed by atoms with Crippen molar-refractivity contribution in [2.24, 2.45) is 0 Å². The summed E-state index contributed by atoms with van der Waals surface area (Å²) in [4.78, 5) is 0. The topological polar surface area (TPSA) is 0 Å². The van der Waals surface area contributed by atoms with E-state index in [0.717, 1.165) is 0 Å². The van der Waals surface area contributed by atoms with Gasteiger partial charge in [0.2, 0.25) is 0 Å². The van der Waals surface area contributed by atoms with Gasteiger partial charge in [0.25, 0.3) is 0 Å². The molecule has 0 atom stereocenters. The first-order valence-electron chi connectivity index (χ1n) is 6.40. The van der Waals surface area contributed by atoms with Gasteiger partial charge >= 0.3 is 0 Å². The van der Waals surface area contributed by atoms with Gasteiger partial charge in [-0.05, 0) is 23.8 Å². The summed E-state index contributed by atoms with van der Waals surface area (Å²) in [5.74, 6) is 0. The molecule has 0 aliphatic carbocycles. The number of rotatable bonds is 3. The van der Waals surface area contributed by atoms with Crippen LogP contribution in [0.2, 0.25) is 0 Å². The van der Waals surface area contributed by atoms with Gasteiger partial charge < -0.3 is 0 Å². The van der Waals surface area contributed by atoms with Crippen LogP contribution >= 0.6 is 7.92 Å². The molecule has 0 saturated heterocycles. The summed E-state index contributed by atoms with van der Waals surface area (Å²) in [6, 6.07) is 32.3. The van der Waals surface area contributed by atoms with Gasteiger partial charge in [-0.1, -0.05) is 91.0 Å². The average molecular weight is 328 g/mol. The molecule has 20 heavy (non-hydrogen) atoms. The molecule has 3 aromatic rings. The van der Waals surface area contributed by atoms with Gasteiger partial charge in [0.05, 0.1) is 0 Å². The first-order valence-corrected chi connectivity index (χ1v) is 7.74. The van der Waals surface area contributed by atoms with E-state index >= 15 is 0 Å². The zero-order valence-corrected chi connectivity index (χ0v) is 15.2. The zero-order valence-electron chi connectivity index (χ0n) is 11.3. The van der Waals surface area contributed by atoms with Crippen molar-refractivity contribution in [3.63, 3.8) is 0 Å². The Balaban J connectivity index is 0.00000147. The minimum atomic E-state index is -0.446. The van der Waals surface area contributed by atoms with Crippen LogP contribution < -0.4 is 15.9 Å². The number of hydrogen-bond donors (Lipinski definition) is 0. The van der Waals surface area contributed by atoms with E-state index in [1.807, 2.05) is 0 Å². The van der Waals surface area contributed by atoms with Gasteiger partial charge in [-0.25, -0.2) is 0 Å². The third kappa shape index (κ3) is 3.42. The molecule has 0 unspecified atom stereocenters. The third-order valence-electron chi connectivity index (χ3n) is 3.04. The molecule has 0 spiro atoms. The summed E-state index contributed by atoms with van der Waals surface area (Å²) in [5.41, 5.74) is 0. The summed E-state index contributed by atoms with van der Waals surface area (Å²) < 4.78 is 0. The Kier molecular flexibility index (Phi) is 5.65. The van der Waals surface area contributed by atoms with Gasteiger partial charge in [-0.3, -0.25) is 0 Å². The van der Waals surface area contributed by atoms with E-state index in [2.05, 4.69) is 91.0 Å². The van der Waals surface area contributed by atoms with Crippen molar-refractivity contribution in [1.29, 1.82) is 0 Å². The van der Waals surface area contributed by atoms with Gasteiger partial charge in [-0.15, -0.1) is 0 Å². The quantitative estimate of drug-likeness (QED) is 0.510. The van der Waals surface area contributed by atoms with Crippen LogP contribution in [-0.4, -0.2) is 0 Å². The Morgan fingerprint density at radius 1 is 0.400 bits per heavy atom. The Bertz CT molecular complexity index is 529. The van der Waals surface area contributed by atoms with Crippen LogP contribution in [0.1, 0.15) is 0 Å². The molecule has 0 aliphatic rings. The van der Waals surface area contributed by atoms with Crippen LogP contribution in [0, 0.1) is 0 Å². The van der Waals surface area contributed by atoms with Gasteiger partial charge in [0, 0.05) is 19.5 Å². The van der Waals surface area contributed by atoms with Crippen molar-refractivity contribution in [2.45, 2.75) is 0 Å². The Hall–Kier alpha value is -1.29. The molecule has 0 amide bonds. The fourth-order valence-corrected chi connectivity index (χ4v) is 4.48. The maximum atomic E-state index is 2.23. The fraction of sp³-hybridized carbons (Fsp3) is 0. The summed E-state index contributed by atoms with van der Waals surface area (Å²) in [5, 5.41) is 4.19. The standard InChI is InChI=1S/C18H15P.Zn/c1-4-10-16(11-5-1)19(17-12-6-2-7-13-17)18-14-8-3-9-15-18;/h1-15H;. The Morgan fingerprint density at radius 2 is 0.650 bits per heavy atom. The van der Waals surface area contributed by atoms with Gasteiger partial charge in [-0.2, -0.15) is 0 Å². The maximum absolute atomic E-state index is 2.23. The van der Waals surface area contributed by atoms with Crippen molar-refractivity contribution in [2.75, 3.05) is 0 Å². The maximum Gasteiger partial charge on any atom is 0 e. The molecule has 0 bridgehead atoms. The van der Waals surface area contributed by atoms with Crippen LogP contribution in [0.15, 0.2) is 91.0 Å². The molecule has 0 fully saturated rings. The normalized spacial score (nSPS) is 10.1. The van der Waals surface area contributed by atoms with Crippen LogP contribution in [0.4, 0.5) is 0 Å². The summed E-state index contributed by atoms with van der Waals surface area (Å²) >= 11 is 0. The number of benzene rings is 3. The largest absolute Gasteiger partial charge is 0.0622 e. The summed E-state index contributed by atoms with van der Waals surface area (Å²) in [7, 11) is -0.446. The minimum Gasteiger partial charge on any atom is -0.0622 e. The molecular weight excluding hydrogens is 313 g/mol. The first kappa shape index (κ1) is 15.1. The van der Waals surface area contributed by atoms with E-state index in [9.17, 15) is 0 Å². The predicted octanol–water partition coefficient (Wildman–Crippen LogP) is 3.44. The molecular formula is C18H15PZn. The molecule has 0 nitrogen and oxygen atoms in total. The van der Waals surface area contributed by atoms with Crippen LogP contribution in [0.3, 0.4) is 0 Å². The summed E-state index contributed by atoms with van der Waals surface area (Å²) in [6.07, 6.45) is 0. The average Bonchev–Trinajstić information content (AvgIpc) is 2.51. The van der Waals surface area contributed by atoms with Crippen molar-refractivity contribution in [3.8, 4) is 0 Å². The molecule has 3 aromatic carbocycles. The SMILES string of the molecule is [Zn].c1ccc(P(c2ccccc2)c2ccccc2)cc1. The molecule has 3 rings (SSSR count). The molecule has 0 aromatic heterocycles. The Morgan fingerprint density at radius 3 is 0.900 bits per heavy atom. The molecule has 2 heteroatoms. The van der Waals surface area contributed by atoms with E-state index in [0.29, 0.717) is 0 Å².